The molecule has 0 saturated carbocycles. The Labute approximate surface area is 229 Å². The number of hydrogen-bond donors (Lipinski definition) is 1. The lowest BCUT2D eigenvalue weighted by atomic mass is 9.77. The van der Waals surface area contributed by atoms with Crippen molar-refractivity contribution in [3.8, 4) is 11.5 Å². The van der Waals surface area contributed by atoms with Gasteiger partial charge < -0.3 is 14.8 Å². The van der Waals surface area contributed by atoms with Crippen molar-refractivity contribution >= 4 is 34.8 Å². The van der Waals surface area contributed by atoms with E-state index in [0.717, 1.165) is 24.0 Å². The van der Waals surface area contributed by atoms with Crippen molar-refractivity contribution in [2.45, 2.75) is 43.0 Å². The Morgan fingerprint density at radius 1 is 1.11 bits per heavy atom. The van der Waals surface area contributed by atoms with Crippen molar-refractivity contribution in [3.05, 3.63) is 97.5 Å². The van der Waals surface area contributed by atoms with Crippen molar-refractivity contribution in [1.82, 2.24) is 4.90 Å². The maximum atomic E-state index is 13.6. The summed E-state index contributed by atoms with van der Waals surface area (Å²) in [6, 6.07) is 16.7. The minimum Gasteiger partial charge on any atom is -0.493 e. The van der Waals surface area contributed by atoms with Gasteiger partial charge >= 0.3 is 0 Å². The summed E-state index contributed by atoms with van der Waals surface area (Å²) in [4.78, 5) is 28.2. The van der Waals surface area contributed by atoms with E-state index in [-0.39, 0.29) is 23.5 Å². The van der Waals surface area contributed by atoms with E-state index in [0.29, 0.717) is 39.3 Å². The van der Waals surface area contributed by atoms with Crippen LogP contribution in [0.2, 0.25) is 10.0 Å². The highest BCUT2D eigenvalue weighted by Gasteiger charge is 2.73. The first kappa shape index (κ1) is 25.0. The Balaban J connectivity index is 1.38. The van der Waals surface area contributed by atoms with Crippen LogP contribution in [0.4, 0.5) is 5.69 Å². The number of nitrogens with zero attached hydrogens (tertiary/aromatic N) is 2. The largest absolute Gasteiger partial charge is 0.493 e. The Bertz CT molecular complexity index is 1450. The normalized spacial score (nSPS) is 25.8. The Morgan fingerprint density at radius 3 is 2.68 bits per heavy atom. The van der Waals surface area contributed by atoms with Gasteiger partial charge in [-0.1, -0.05) is 53.5 Å². The maximum absolute atomic E-state index is 13.6. The molecule has 1 amide bonds. The molecule has 38 heavy (non-hydrogen) atoms. The first-order chi connectivity index (χ1) is 18.4. The van der Waals surface area contributed by atoms with Crippen LogP contribution >= 0.6 is 23.2 Å². The summed E-state index contributed by atoms with van der Waals surface area (Å²) in [6.45, 7) is 0.860. The van der Waals surface area contributed by atoms with Gasteiger partial charge in [0.2, 0.25) is 0 Å². The number of benzene rings is 3. The third-order valence-corrected chi connectivity index (χ3v) is 8.78. The summed E-state index contributed by atoms with van der Waals surface area (Å²) in [5.74, 6) is 0.122. The lowest BCUT2D eigenvalue weighted by Gasteiger charge is -2.32. The standard InChI is InChI=1S/C28H25Cl2N3O5/c1-37-24-14-17(9-11-23(24)38-15-16-8-10-19(29)20(30)13-16)25-22-7-4-12-32(22)28(26(25)33(35)36)18-5-2-3-6-21(18)31-27(28)34/h2-3,5-6,8-11,13-14,22,25-26H,4,7,12,15H2,1H3,(H,31,34)/t22-,25+,26-,28-/m0/s1. The number of anilines is 1. The molecule has 3 aromatic carbocycles. The number of para-hydroxylation sites is 1. The predicted molar refractivity (Wildman–Crippen MR) is 144 cm³/mol. The number of halogens is 2. The van der Waals surface area contributed by atoms with Gasteiger partial charge in [0.1, 0.15) is 6.61 Å². The zero-order valence-electron chi connectivity index (χ0n) is 20.5. The molecule has 8 nitrogen and oxygen atoms in total. The molecule has 2 saturated heterocycles. The highest BCUT2D eigenvalue weighted by molar-refractivity contribution is 6.42. The van der Waals surface area contributed by atoms with Gasteiger partial charge in [-0.05, 0) is 54.3 Å². The second kappa shape index (κ2) is 9.45. The van der Waals surface area contributed by atoms with E-state index in [1.165, 1.54) is 7.11 Å². The summed E-state index contributed by atoms with van der Waals surface area (Å²) in [7, 11) is 1.54. The van der Waals surface area contributed by atoms with E-state index in [1.807, 2.05) is 30.3 Å². The molecule has 0 bridgehead atoms. The molecule has 1 spiro atoms. The van der Waals surface area contributed by atoms with Crippen LogP contribution < -0.4 is 14.8 Å². The van der Waals surface area contributed by atoms with Crippen LogP contribution in [-0.2, 0) is 16.9 Å². The van der Waals surface area contributed by atoms with Crippen molar-refractivity contribution in [1.29, 1.82) is 0 Å². The van der Waals surface area contributed by atoms with Crippen LogP contribution in [0, 0.1) is 10.1 Å². The fraction of sp³-hybridized carbons (Fsp3) is 0.321. The lowest BCUT2D eigenvalue weighted by Crippen LogP contribution is -2.55. The van der Waals surface area contributed by atoms with E-state index in [1.54, 1.807) is 30.3 Å². The Kier molecular flexibility index (Phi) is 6.21. The summed E-state index contributed by atoms with van der Waals surface area (Å²) in [5, 5.41) is 16.6. The average molecular weight is 554 g/mol. The number of amides is 1. The predicted octanol–water partition coefficient (Wildman–Crippen LogP) is 5.64. The molecule has 1 N–H and O–H groups in total. The molecule has 3 aliphatic rings. The van der Waals surface area contributed by atoms with Gasteiger partial charge in [-0.3, -0.25) is 19.8 Å². The molecule has 196 valence electrons. The third-order valence-electron chi connectivity index (χ3n) is 8.05. The van der Waals surface area contributed by atoms with Crippen LogP contribution in [-0.4, -0.2) is 41.5 Å². The average Bonchev–Trinajstić information content (AvgIpc) is 3.57. The molecule has 6 rings (SSSR count). The molecular formula is C28H25Cl2N3O5. The Morgan fingerprint density at radius 2 is 1.92 bits per heavy atom. The van der Waals surface area contributed by atoms with E-state index in [4.69, 9.17) is 32.7 Å². The molecule has 4 atom stereocenters. The molecule has 10 heteroatoms. The van der Waals surface area contributed by atoms with Crippen molar-refractivity contribution in [2.75, 3.05) is 19.0 Å². The van der Waals surface area contributed by atoms with Crippen LogP contribution in [0.1, 0.15) is 35.4 Å². The summed E-state index contributed by atoms with van der Waals surface area (Å²) >= 11 is 12.1. The zero-order valence-corrected chi connectivity index (χ0v) is 22.0. The number of nitro groups is 1. The molecule has 0 unspecified atom stereocenters. The van der Waals surface area contributed by atoms with E-state index >= 15 is 0 Å². The van der Waals surface area contributed by atoms with Gasteiger partial charge in [0, 0.05) is 28.8 Å². The van der Waals surface area contributed by atoms with E-state index in [9.17, 15) is 14.9 Å². The van der Waals surface area contributed by atoms with Crippen LogP contribution in [0.5, 0.6) is 11.5 Å². The van der Waals surface area contributed by atoms with Crippen molar-refractivity contribution in [3.63, 3.8) is 0 Å². The van der Waals surface area contributed by atoms with Crippen molar-refractivity contribution < 1.29 is 19.2 Å². The first-order valence-electron chi connectivity index (χ1n) is 12.4. The summed E-state index contributed by atoms with van der Waals surface area (Å²) < 4.78 is 11.7. The van der Waals surface area contributed by atoms with Gasteiger partial charge in [-0.25, -0.2) is 0 Å². The highest BCUT2D eigenvalue weighted by Crippen LogP contribution is 2.58. The van der Waals surface area contributed by atoms with Gasteiger partial charge in [-0.15, -0.1) is 0 Å². The number of rotatable bonds is 6. The molecule has 0 aliphatic carbocycles. The number of nitrogens with one attached hydrogen (secondary N) is 1. The summed E-state index contributed by atoms with van der Waals surface area (Å²) in [5.41, 5.74) is 1.54. The lowest BCUT2D eigenvalue weighted by molar-refractivity contribution is -0.534. The number of methoxy groups -OCH3 is 1. The van der Waals surface area contributed by atoms with E-state index in [2.05, 4.69) is 10.2 Å². The molecule has 0 aromatic heterocycles. The fourth-order valence-corrected chi connectivity index (χ4v) is 6.90. The molecule has 0 radical (unpaired) electrons. The van der Waals surface area contributed by atoms with Gasteiger partial charge in [0.15, 0.2) is 17.0 Å². The number of hydrogen-bond acceptors (Lipinski definition) is 6. The first-order valence-corrected chi connectivity index (χ1v) is 13.2. The molecular weight excluding hydrogens is 529 g/mol. The molecule has 3 heterocycles. The smallest absolute Gasteiger partial charge is 0.256 e. The number of fused-ring (bicyclic) bond motifs is 4. The third kappa shape index (κ3) is 3.66. The van der Waals surface area contributed by atoms with Gasteiger partial charge in [0.05, 0.1) is 23.1 Å². The second-order valence-corrected chi connectivity index (χ2v) is 10.7. The SMILES string of the molecule is COc1cc([C@H]2[C@H]([N+](=O)[O-])[C@@]3(C(=O)Nc4ccccc43)N3CCC[C@@H]23)ccc1OCc1ccc(Cl)c(Cl)c1. The summed E-state index contributed by atoms with van der Waals surface area (Å²) in [6.07, 6.45) is 1.63. The van der Waals surface area contributed by atoms with Crippen LogP contribution in [0.15, 0.2) is 60.7 Å². The van der Waals surface area contributed by atoms with Gasteiger partial charge in [-0.2, -0.15) is 0 Å². The topological polar surface area (TPSA) is 93.9 Å². The van der Waals surface area contributed by atoms with Crippen LogP contribution in [0.3, 0.4) is 0 Å². The second-order valence-electron chi connectivity index (χ2n) is 9.87. The number of ether oxygens (including phenoxy) is 2. The number of carbonyl (C=O) groups excluding carboxylic acids is 1. The monoisotopic (exact) mass is 553 g/mol. The molecule has 3 aliphatic heterocycles. The number of carbonyl (C=O) groups is 1. The minimum atomic E-state index is -1.36. The highest BCUT2D eigenvalue weighted by atomic mass is 35.5. The van der Waals surface area contributed by atoms with Crippen LogP contribution in [0.25, 0.3) is 0 Å². The fourth-order valence-electron chi connectivity index (χ4n) is 6.58. The zero-order chi connectivity index (χ0) is 26.6. The maximum Gasteiger partial charge on any atom is 0.256 e. The Hall–Kier alpha value is -3.33. The quantitative estimate of drug-likeness (QED) is 0.313. The minimum absolute atomic E-state index is 0.157. The van der Waals surface area contributed by atoms with E-state index < -0.39 is 17.5 Å². The van der Waals surface area contributed by atoms with Crippen molar-refractivity contribution in [2.24, 2.45) is 0 Å². The van der Waals surface area contributed by atoms with Gasteiger partial charge in [0.25, 0.3) is 11.9 Å². The molecule has 3 aromatic rings. The molecule has 2 fully saturated rings.